The molecule has 5 heterocycles. The van der Waals surface area contributed by atoms with Gasteiger partial charge in [-0.25, -0.2) is 9.37 Å². The van der Waals surface area contributed by atoms with Gasteiger partial charge in [0.25, 0.3) is 0 Å². The van der Waals surface area contributed by atoms with Crippen molar-refractivity contribution in [2.45, 2.75) is 6.42 Å². The summed E-state index contributed by atoms with van der Waals surface area (Å²) in [5.41, 5.74) is 6.26. The molecule has 1 saturated heterocycles. The van der Waals surface area contributed by atoms with Crippen LogP contribution < -0.4 is 15.6 Å². The molecular weight excluding hydrogens is 475 g/mol. The molecule has 37 heavy (non-hydrogen) atoms. The zero-order valence-electron chi connectivity index (χ0n) is 20.2. The zero-order chi connectivity index (χ0) is 25.6. The number of aromatic nitrogens is 2. The smallest absolute Gasteiger partial charge is 0.228 e. The molecule has 3 aliphatic heterocycles. The number of alkyl halides is 1. The van der Waals surface area contributed by atoms with Gasteiger partial charge in [-0.1, -0.05) is 6.07 Å². The Kier molecular flexibility index (Phi) is 7.20. The predicted octanol–water partition coefficient (Wildman–Crippen LogP) is 2.00. The summed E-state index contributed by atoms with van der Waals surface area (Å²) >= 11 is 0. The monoisotopic (exact) mass is 502 g/mol. The molecule has 0 radical (unpaired) electrons. The highest BCUT2D eigenvalue weighted by Gasteiger charge is 2.24. The molecule has 190 valence electrons. The summed E-state index contributed by atoms with van der Waals surface area (Å²) in [6.07, 6.45) is 8.79. The van der Waals surface area contributed by atoms with E-state index in [-0.39, 0.29) is 18.3 Å². The standard InChI is InChI=1S/C26H27FN8O2/c27-6-12-37-20-14-21(25(31-16-20)22-17-32-33-26(22)28)18-4-5-23(30-15-18)34-8-10-35(11-9-34)24(36)13-19-3-1-2-7-29-19/h1-5,7,14-17,31H,6,8-13H2,(H2,28,33)/b25-22-. The van der Waals surface area contributed by atoms with Crippen LogP contribution in [0.1, 0.15) is 11.3 Å². The number of carbonyl (C=O) groups is 1. The Balaban J connectivity index is 1.28. The molecule has 2 aromatic heterocycles. The lowest BCUT2D eigenvalue weighted by Gasteiger charge is -2.35. The third-order valence-electron chi connectivity index (χ3n) is 6.24. The van der Waals surface area contributed by atoms with E-state index < -0.39 is 6.67 Å². The molecule has 0 saturated carbocycles. The lowest BCUT2D eigenvalue weighted by atomic mass is 9.97. The van der Waals surface area contributed by atoms with Crippen LogP contribution in [0.4, 0.5) is 10.2 Å². The van der Waals surface area contributed by atoms with Crippen molar-refractivity contribution in [2.75, 3.05) is 44.4 Å². The van der Waals surface area contributed by atoms with E-state index in [1.54, 1.807) is 30.9 Å². The second kappa shape index (κ2) is 11.0. The van der Waals surface area contributed by atoms with Crippen LogP contribution in [0, 0.1) is 5.41 Å². The molecule has 2 aromatic rings. The van der Waals surface area contributed by atoms with Gasteiger partial charge in [-0.2, -0.15) is 5.10 Å². The number of dihydropyridines is 1. The third-order valence-corrected chi connectivity index (χ3v) is 6.24. The van der Waals surface area contributed by atoms with Gasteiger partial charge in [-0.05, 0) is 30.3 Å². The minimum Gasteiger partial charge on any atom is -0.489 e. The predicted molar refractivity (Wildman–Crippen MR) is 138 cm³/mol. The van der Waals surface area contributed by atoms with Crippen LogP contribution in [0.5, 0.6) is 0 Å². The number of pyridine rings is 2. The first-order chi connectivity index (χ1) is 18.1. The van der Waals surface area contributed by atoms with Crippen LogP contribution in [-0.4, -0.2) is 72.3 Å². The minimum atomic E-state index is -0.589. The van der Waals surface area contributed by atoms with E-state index >= 15 is 0 Å². The number of allylic oxidation sites excluding steroid dienone is 2. The van der Waals surface area contributed by atoms with Gasteiger partial charge in [0.2, 0.25) is 5.91 Å². The summed E-state index contributed by atoms with van der Waals surface area (Å²) < 4.78 is 18.1. The van der Waals surface area contributed by atoms with Gasteiger partial charge in [0.15, 0.2) is 0 Å². The summed E-state index contributed by atoms with van der Waals surface area (Å²) in [5.74, 6) is 1.56. The number of hydrogen-bond acceptors (Lipinski definition) is 8. The van der Waals surface area contributed by atoms with Crippen molar-refractivity contribution in [1.29, 1.82) is 5.41 Å². The van der Waals surface area contributed by atoms with Crippen molar-refractivity contribution in [1.82, 2.24) is 25.6 Å². The van der Waals surface area contributed by atoms with Gasteiger partial charge in [0.05, 0.1) is 23.9 Å². The zero-order valence-corrected chi connectivity index (χ0v) is 20.2. The number of carbonyl (C=O) groups excluding carboxylic acids is 1. The molecule has 0 bridgehead atoms. The van der Waals surface area contributed by atoms with Crippen LogP contribution in [0.25, 0.3) is 5.57 Å². The molecule has 0 aliphatic carbocycles. The van der Waals surface area contributed by atoms with Crippen LogP contribution in [0.15, 0.2) is 77.1 Å². The van der Waals surface area contributed by atoms with Crippen LogP contribution in [0.3, 0.4) is 0 Å². The maximum Gasteiger partial charge on any atom is 0.228 e. The van der Waals surface area contributed by atoms with E-state index in [0.717, 1.165) is 22.6 Å². The summed E-state index contributed by atoms with van der Waals surface area (Å²) in [5, 5.41) is 15.2. The molecule has 1 fully saturated rings. The molecule has 3 N–H and O–H groups in total. The van der Waals surface area contributed by atoms with E-state index in [4.69, 9.17) is 10.1 Å². The number of nitrogens with zero attached hydrogens (tertiary/aromatic N) is 5. The number of hydrogen-bond donors (Lipinski definition) is 3. The van der Waals surface area contributed by atoms with Crippen molar-refractivity contribution in [3.05, 3.63) is 83.3 Å². The highest BCUT2D eigenvalue weighted by Crippen LogP contribution is 2.30. The number of amidine groups is 1. The Morgan fingerprint density at radius 2 is 2.00 bits per heavy atom. The minimum absolute atomic E-state index is 0.0461. The van der Waals surface area contributed by atoms with E-state index in [1.807, 2.05) is 35.2 Å². The third kappa shape index (κ3) is 5.50. The summed E-state index contributed by atoms with van der Waals surface area (Å²) in [6.45, 7) is 1.97. The van der Waals surface area contributed by atoms with Gasteiger partial charge < -0.3 is 19.9 Å². The average molecular weight is 503 g/mol. The quantitative estimate of drug-likeness (QED) is 0.530. The molecule has 10 nitrogen and oxygen atoms in total. The Hall–Kier alpha value is -4.54. The van der Waals surface area contributed by atoms with Crippen molar-refractivity contribution in [2.24, 2.45) is 5.10 Å². The molecule has 0 unspecified atom stereocenters. The van der Waals surface area contributed by atoms with Gasteiger partial charge in [-0.15, -0.1) is 0 Å². The van der Waals surface area contributed by atoms with Crippen molar-refractivity contribution in [3.63, 3.8) is 0 Å². The fourth-order valence-electron chi connectivity index (χ4n) is 4.33. The number of hydrazone groups is 1. The molecule has 0 atom stereocenters. The van der Waals surface area contributed by atoms with Gasteiger partial charge in [-0.3, -0.25) is 20.6 Å². The molecule has 1 amide bonds. The second-order valence-corrected chi connectivity index (χ2v) is 8.59. The van der Waals surface area contributed by atoms with Crippen LogP contribution in [-0.2, 0) is 16.0 Å². The second-order valence-electron chi connectivity index (χ2n) is 8.59. The number of halogens is 1. The first-order valence-corrected chi connectivity index (χ1v) is 12.0. The first kappa shape index (κ1) is 24.2. The lowest BCUT2D eigenvalue weighted by molar-refractivity contribution is -0.130. The SMILES string of the molecule is N=C1NN=C/C1=C1/NC=C(OCCF)C=C1c1ccc(N2CCN(C(=O)Cc3ccccn3)CC2)nc1. The molecular formula is C26H27FN8O2. The number of ether oxygens (including phenoxy) is 1. The van der Waals surface area contributed by atoms with Crippen LogP contribution >= 0.6 is 0 Å². The Labute approximate surface area is 213 Å². The fraction of sp³-hybridized carbons (Fsp3) is 0.269. The number of nitrogens with one attached hydrogen (secondary N) is 3. The summed E-state index contributed by atoms with van der Waals surface area (Å²) in [4.78, 5) is 25.6. The molecule has 0 spiro atoms. The van der Waals surface area contributed by atoms with Gasteiger partial charge >= 0.3 is 0 Å². The van der Waals surface area contributed by atoms with Crippen molar-refractivity contribution < 1.29 is 13.9 Å². The fourth-order valence-corrected chi connectivity index (χ4v) is 4.33. The number of rotatable bonds is 7. The largest absolute Gasteiger partial charge is 0.489 e. The number of anilines is 1. The van der Waals surface area contributed by atoms with Crippen LogP contribution in [0.2, 0.25) is 0 Å². The topological polar surface area (TPSA) is 119 Å². The van der Waals surface area contributed by atoms with E-state index in [9.17, 15) is 9.18 Å². The highest BCUT2D eigenvalue weighted by molar-refractivity contribution is 6.19. The van der Waals surface area contributed by atoms with Gasteiger partial charge in [0, 0.05) is 61.6 Å². The summed E-state index contributed by atoms with van der Waals surface area (Å²) in [7, 11) is 0. The van der Waals surface area contributed by atoms with E-state index in [1.165, 1.54) is 0 Å². The van der Waals surface area contributed by atoms with Gasteiger partial charge in [0.1, 0.15) is 30.7 Å². The molecule has 5 rings (SSSR count). The lowest BCUT2D eigenvalue weighted by Crippen LogP contribution is -2.49. The van der Waals surface area contributed by atoms with Crippen molar-refractivity contribution >= 4 is 29.3 Å². The van der Waals surface area contributed by atoms with E-state index in [2.05, 4.69) is 30.7 Å². The Bertz CT molecular complexity index is 1280. The Morgan fingerprint density at radius 1 is 1.14 bits per heavy atom. The maximum absolute atomic E-state index is 12.7. The normalized spacial score (nSPS) is 19.2. The van der Waals surface area contributed by atoms with Crippen molar-refractivity contribution in [3.8, 4) is 0 Å². The highest BCUT2D eigenvalue weighted by atomic mass is 19.1. The number of amides is 1. The number of piperazine rings is 1. The molecule has 11 heteroatoms. The summed E-state index contributed by atoms with van der Waals surface area (Å²) in [6, 6.07) is 9.49. The molecule has 3 aliphatic rings. The molecule has 0 aromatic carbocycles. The van der Waals surface area contributed by atoms with E-state index in [0.29, 0.717) is 49.6 Å². The first-order valence-electron chi connectivity index (χ1n) is 12.0. The average Bonchev–Trinajstić information content (AvgIpc) is 3.38. The maximum atomic E-state index is 12.7. The Morgan fingerprint density at radius 3 is 2.68 bits per heavy atom.